The van der Waals surface area contributed by atoms with Crippen molar-refractivity contribution in [3.8, 4) is 0 Å². The van der Waals surface area contributed by atoms with Crippen molar-refractivity contribution in [2.45, 2.75) is 341 Å². The molecule has 0 aliphatic carbocycles. The molecule has 0 saturated heterocycles. The Hall–Kier alpha value is -1.77. The predicted molar refractivity (Wildman–Crippen MR) is 333 cm³/mol. The lowest BCUT2D eigenvalue weighted by atomic mass is 10.0. The summed E-state index contributed by atoms with van der Waals surface area (Å²) in [5, 5.41) is 0. The minimum absolute atomic E-state index is 0.0334. The zero-order valence-corrected chi connectivity index (χ0v) is 53.3. The fourth-order valence-electron chi connectivity index (χ4n) is 10.0. The number of allylic oxidation sites excluding steroid dienone is 6. The lowest BCUT2D eigenvalue weighted by molar-refractivity contribution is -0.870. The van der Waals surface area contributed by atoms with Crippen molar-refractivity contribution in [2.24, 2.45) is 0 Å². The zero-order chi connectivity index (χ0) is 57.0. The fraction of sp³-hybridized carbons (Fsp3) is 0.882. The van der Waals surface area contributed by atoms with Gasteiger partial charge in [0.25, 0.3) is 7.82 Å². The van der Waals surface area contributed by atoms with Gasteiger partial charge in [0, 0.05) is 12.8 Å². The van der Waals surface area contributed by atoms with Gasteiger partial charge in [-0.3, -0.25) is 14.2 Å². The van der Waals surface area contributed by atoms with Gasteiger partial charge in [0.2, 0.25) is 0 Å². The first-order chi connectivity index (χ1) is 38.0. The molecular formula is C68H130NO8P. The topological polar surface area (TPSA) is 111 Å². The molecule has 0 bridgehead atoms. The molecule has 0 radical (unpaired) electrons. The zero-order valence-electron chi connectivity index (χ0n) is 52.4. The molecule has 9 nitrogen and oxygen atoms in total. The molecule has 78 heavy (non-hydrogen) atoms. The molecule has 10 heteroatoms. The number of quaternary nitrogens is 1. The van der Waals surface area contributed by atoms with Crippen LogP contribution in [0.4, 0.5) is 0 Å². The first kappa shape index (κ1) is 76.2. The molecule has 0 N–H and O–H groups in total. The molecule has 0 fully saturated rings. The number of hydrogen-bond acceptors (Lipinski definition) is 8. The number of phosphoric acid groups is 1. The summed E-state index contributed by atoms with van der Waals surface area (Å²) in [5.41, 5.74) is 0. The highest BCUT2D eigenvalue weighted by Gasteiger charge is 2.22. The number of nitrogens with zero attached hydrogens (tertiary/aromatic N) is 1. The summed E-state index contributed by atoms with van der Waals surface area (Å²) in [7, 11) is 1.16. The number of phosphoric ester groups is 1. The Bertz CT molecular complexity index is 1410. The van der Waals surface area contributed by atoms with E-state index in [0.717, 1.165) is 70.6 Å². The standard InChI is InChI=1S/C68H130NO8P/c1-6-8-10-12-14-16-18-20-22-23-24-25-26-27-28-29-30-31-32-33-34-35-36-37-38-39-40-41-42-43-44-45-47-48-50-52-54-56-58-60-67(70)74-64-66(65-76-78(72,73)75-63-62-69(3,4)5)77-68(71)61-59-57-55-53-51-49-46-21-19-17-15-13-11-9-7-2/h9,11,15,17,21,46,66H,6-8,10,12-14,16,18-20,22-45,47-65H2,1-5H3/b11-9-,17-15-,46-21-. The van der Waals surface area contributed by atoms with E-state index in [9.17, 15) is 19.0 Å². The third-order valence-corrected chi connectivity index (χ3v) is 16.1. The van der Waals surface area contributed by atoms with Crippen molar-refractivity contribution < 1.29 is 42.1 Å². The highest BCUT2D eigenvalue weighted by molar-refractivity contribution is 7.45. The second-order valence-electron chi connectivity index (χ2n) is 24.2. The molecule has 460 valence electrons. The van der Waals surface area contributed by atoms with Crippen LogP contribution in [0.5, 0.6) is 0 Å². The molecule has 0 aromatic carbocycles. The highest BCUT2D eigenvalue weighted by Crippen LogP contribution is 2.38. The number of likely N-dealkylation sites (N-methyl/N-ethyl adjacent to an activating group) is 1. The van der Waals surface area contributed by atoms with Crippen LogP contribution in [0.15, 0.2) is 36.5 Å². The Morgan fingerprint density at radius 3 is 1.09 bits per heavy atom. The van der Waals surface area contributed by atoms with Gasteiger partial charge < -0.3 is 27.9 Å². The summed E-state index contributed by atoms with van der Waals surface area (Å²) in [6, 6.07) is 0. The third-order valence-electron chi connectivity index (χ3n) is 15.2. The second kappa shape index (κ2) is 59.8. The van der Waals surface area contributed by atoms with Gasteiger partial charge >= 0.3 is 11.9 Å². The van der Waals surface area contributed by atoms with Crippen LogP contribution in [-0.4, -0.2) is 70.0 Å². The predicted octanol–water partition coefficient (Wildman–Crippen LogP) is 20.9. The summed E-state index contributed by atoms with van der Waals surface area (Å²) >= 11 is 0. The Balaban J connectivity index is 3.84. The van der Waals surface area contributed by atoms with Crippen LogP contribution < -0.4 is 4.89 Å². The van der Waals surface area contributed by atoms with Crippen molar-refractivity contribution in [2.75, 3.05) is 47.5 Å². The third kappa shape index (κ3) is 63.4. The number of rotatable bonds is 63. The molecule has 2 unspecified atom stereocenters. The molecule has 0 saturated carbocycles. The molecular weight excluding hydrogens is 990 g/mol. The average Bonchev–Trinajstić information content (AvgIpc) is 3.41. The van der Waals surface area contributed by atoms with E-state index < -0.39 is 26.5 Å². The minimum atomic E-state index is -4.64. The minimum Gasteiger partial charge on any atom is -0.756 e. The van der Waals surface area contributed by atoms with Gasteiger partial charge in [0.05, 0.1) is 27.7 Å². The lowest BCUT2D eigenvalue weighted by Gasteiger charge is -2.28. The fourth-order valence-corrected chi connectivity index (χ4v) is 10.8. The smallest absolute Gasteiger partial charge is 0.306 e. The van der Waals surface area contributed by atoms with E-state index in [2.05, 4.69) is 50.3 Å². The Morgan fingerprint density at radius 1 is 0.410 bits per heavy atom. The molecule has 0 rings (SSSR count). The van der Waals surface area contributed by atoms with Gasteiger partial charge in [0.15, 0.2) is 6.10 Å². The maximum Gasteiger partial charge on any atom is 0.306 e. The van der Waals surface area contributed by atoms with Crippen LogP contribution >= 0.6 is 7.82 Å². The van der Waals surface area contributed by atoms with Crippen molar-refractivity contribution in [3.63, 3.8) is 0 Å². The van der Waals surface area contributed by atoms with Gasteiger partial charge in [-0.1, -0.05) is 314 Å². The Labute approximate surface area is 484 Å². The van der Waals surface area contributed by atoms with Crippen molar-refractivity contribution in [1.29, 1.82) is 0 Å². The number of hydrogen-bond donors (Lipinski definition) is 0. The number of unbranched alkanes of at least 4 members (excludes halogenated alkanes) is 43. The molecule has 0 aliphatic heterocycles. The summed E-state index contributed by atoms with van der Waals surface area (Å²) in [4.78, 5) is 37.9. The molecule has 0 amide bonds. The summed E-state index contributed by atoms with van der Waals surface area (Å²) in [6.45, 7) is 4.15. The first-order valence-corrected chi connectivity index (χ1v) is 35.2. The van der Waals surface area contributed by atoms with Crippen LogP contribution in [0.2, 0.25) is 0 Å². The normalized spacial score (nSPS) is 13.4. The quantitative estimate of drug-likeness (QED) is 0.0195. The van der Waals surface area contributed by atoms with Crippen molar-refractivity contribution in [3.05, 3.63) is 36.5 Å². The summed E-state index contributed by atoms with van der Waals surface area (Å²) < 4.78 is 34.2. The largest absolute Gasteiger partial charge is 0.756 e. The molecule has 2 atom stereocenters. The van der Waals surface area contributed by atoms with Crippen LogP contribution in [0.3, 0.4) is 0 Å². The van der Waals surface area contributed by atoms with Crippen LogP contribution in [0, 0.1) is 0 Å². The number of carbonyl (C=O) groups is 2. The average molecular weight is 1120 g/mol. The molecule has 0 aliphatic rings. The van der Waals surface area contributed by atoms with Gasteiger partial charge in [-0.2, -0.15) is 0 Å². The van der Waals surface area contributed by atoms with E-state index in [-0.39, 0.29) is 32.0 Å². The lowest BCUT2D eigenvalue weighted by Crippen LogP contribution is -2.37. The van der Waals surface area contributed by atoms with Crippen molar-refractivity contribution >= 4 is 19.8 Å². The number of esters is 2. The molecule has 0 heterocycles. The van der Waals surface area contributed by atoms with E-state index in [1.54, 1.807) is 0 Å². The van der Waals surface area contributed by atoms with E-state index in [1.807, 2.05) is 21.1 Å². The number of carbonyl (C=O) groups excluding carboxylic acids is 2. The van der Waals surface area contributed by atoms with Crippen LogP contribution in [0.1, 0.15) is 335 Å². The SMILES string of the molecule is CC/C=C\C/C=C\C/C=C\CCCCCCCC(=O)OC(COC(=O)CCCCCCCCCCCCCCCCCCCCCCCCCCCCCCCCCCCCCCCCC)COP(=O)([O-])OCC[N+](C)(C)C. The Morgan fingerprint density at radius 2 is 0.731 bits per heavy atom. The monoisotopic (exact) mass is 1120 g/mol. The van der Waals surface area contributed by atoms with Crippen LogP contribution in [-0.2, 0) is 32.7 Å². The number of ether oxygens (including phenoxy) is 2. The summed E-state index contributed by atoms with van der Waals surface area (Å²) in [6.07, 6.45) is 75.5. The van der Waals surface area contributed by atoms with E-state index in [4.69, 9.17) is 18.5 Å². The maximum absolute atomic E-state index is 12.8. The van der Waals surface area contributed by atoms with Crippen LogP contribution in [0.25, 0.3) is 0 Å². The highest BCUT2D eigenvalue weighted by atomic mass is 31.2. The van der Waals surface area contributed by atoms with E-state index >= 15 is 0 Å². The second-order valence-corrected chi connectivity index (χ2v) is 25.6. The molecule has 0 spiro atoms. The first-order valence-electron chi connectivity index (χ1n) is 33.7. The Kier molecular flexibility index (Phi) is 58.5. The van der Waals surface area contributed by atoms with Crippen molar-refractivity contribution in [1.82, 2.24) is 0 Å². The molecule has 0 aromatic rings. The molecule has 0 aromatic heterocycles. The van der Waals surface area contributed by atoms with E-state index in [1.165, 1.54) is 231 Å². The van der Waals surface area contributed by atoms with E-state index in [0.29, 0.717) is 17.4 Å². The maximum atomic E-state index is 12.8. The summed E-state index contributed by atoms with van der Waals surface area (Å²) in [5.74, 6) is -0.840. The van der Waals surface area contributed by atoms with Gasteiger partial charge in [-0.15, -0.1) is 0 Å². The van der Waals surface area contributed by atoms with Gasteiger partial charge in [-0.05, 0) is 44.9 Å². The van der Waals surface area contributed by atoms with Gasteiger partial charge in [0.1, 0.15) is 19.8 Å². The van der Waals surface area contributed by atoms with Gasteiger partial charge in [-0.25, -0.2) is 0 Å².